The van der Waals surface area contributed by atoms with Gasteiger partial charge in [-0.2, -0.15) is 11.3 Å². The molecule has 88 valence electrons. The van der Waals surface area contributed by atoms with Gasteiger partial charge >= 0.3 is 0 Å². The van der Waals surface area contributed by atoms with Gasteiger partial charge in [-0.1, -0.05) is 0 Å². The predicted molar refractivity (Wildman–Crippen MR) is 67.0 cm³/mol. The van der Waals surface area contributed by atoms with E-state index < -0.39 is 0 Å². The topological polar surface area (TPSA) is 32.3 Å². The number of amides is 1. The fourth-order valence-electron chi connectivity index (χ4n) is 2.22. The molecule has 16 heavy (non-hydrogen) atoms. The zero-order valence-corrected chi connectivity index (χ0v) is 10.6. The highest BCUT2D eigenvalue weighted by molar-refractivity contribution is 7.08. The second kappa shape index (κ2) is 4.97. The fraction of sp³-hybridized carbons (Fsp3) is 0.583. The van der Waals surface area contributed by atoms with Crippen LogP contribution in [0.15, 0.2) is 10.8 Å². The zero-order chi connectivity index (χ0) is 11.5. The summed E-state index contributed by atoms with van der Waals surface area (Å²) in [7, 11) is 1.97. The van der Waals surface area contributed by atoms with E-state index in [4.69, 9.17) is 0 Å². The molecule has 1 N–H and O–H groups in total. The molecule has 0 spiro atoms. The summed E-state index contributed by atoms with van der Waals surface area (Å²) in [6.07, 6.45) is 1.12. The van der Waals surface area contributed by atoms with Crippen LogP contribution in [0.1, 0.15) is 22.3 Å². The van der Waals surface area contributed by atoms with Gasteiger partial charge in [0, 0.05) is 18.5 Å². The van der Waals surface area contributed by atoms with Crippen molar-refractivity contribution >= 4 is 17.2 Å². The number of likely N-dealkylation sites (tertiary alicyclic amines) is 1. The molecule has 1 saturated heterocycles. The number of nitrogens with one attached hydrogen (secondary N) is 1. The molecule has 1 amide bonds. The highest BCUT2D eigenvalue weighted by Crippen LogP contribution is 2.21. The number of aryl methyl sites for hydroxylation is 1. The third kappa shape index (κ3) is 2.28. The quantitative estimate of drug-likeness (QED) is 0.870. The Morgan fingerprint density at radius 1 is 1.62 bits per heavy atom. The largest absolute Gasteiger partial charge is 0.338 e. The van der Waals surface area contributed by atoms with Crippen molar-refractivity contribution in [2.24, 2.45) is 5.92 Å². The van der Waals surface area contributed by atoms with Gasteiger partial charge in [-0.15, -0.1) is 0 Å². The first-order valence-electron chi connectivity index (χ1n) is 5.69. The maximum Gasteiger partial charge on any atom is 0.254 e. The van der Waals surface area contributed by atoms with E-state index in [1.54, 1.807) is 11.3 Å². The SMILES string of the molecule is CNCC1CCN(C(=O)c2cscc2C)C1. The van der Waals surface area contributed by atoms with E-state index in [1.165, 1.54) is 0 Å². The Hall–Kier alpha value is -0.870. The van der Waals surface area contributed by atoms with Crippen molar-refractivity contribution in [1.82, 2.24) is 10.2 Å². The molecule has 1 atom stereocenters. The van der Waals surface area contributed by atoms with Crippen molar-refractivity contribution in [2.45, 2.75) is 13.3 Å². The molecule has 1 aromatic rings. The van der Waals surface area contributed by atoms with Gasteiger partial charge in [-0.25, -0.2) is 0 Å². The van der Waals surface area contributed by atoms with Crippen LogP contribution in [-0.4, -0.2) is 37.5 Å². The van der Waals surface area contributed by atoms with E-state index >= 15 is 0 Å². The normalized spacial score (nSPS) is 20.4. The van der Waals surface area contributed by atoms with Crippen molar-refractivity contribution in [2.75, 3.05) is 26.7 Å². The van der Waals surface area contributed by atoms with Gasteiger partial charge in [-0.3, -0.25) is 4.79 Å². The Kier molecular flexibility index (Phi) is 3.61. The molecule has 0 aliphatic carbocycles. The summed E-state index contributed by atoms with van der Waals surface area (Å²) >= 11 is 1.60. The van der Waals surface area contributed by atoms with Crippen LogP contribution in [0.2, 0.25) is 0 Å². The average Bonchev–Trinajstić information content (AvgIpc) is 2.87. The molecule has 1 aliphatic heterocycles. The summed E-state index contributed by atoms with van der Waals surface area (Å²) < 4.78 is 0. The van der Waals surface area contributed by atoms with E-state index in [2.05, 4.69) is 5.32 Å². The second-order valence-corrected chi connectivity index (χ2v) is 5.18. The molecule has 1 aromatic heterocycles. The number of carbonyl (C=O) groups excluding carboxylic acids is 1. The maximum absolute atomic E-state index is 12.2. The van der Waals surface area contributed by atoms with Crippen LogP contribution in [0.4, 0.5) is 0 Å². The number of carbonyl (C=O) groups is 1. The fourth-order valence-corrected chi connectivity index (χ4v) is 3.04. The molecule has 1 aliphatic rings. The summed E-state index contributed by atoms with van der Waals surface area (Å²) in [4.78, 5) is 14.2. The van der Waals surface area contributed by atoms with Crippen LogP contribution in [0.25, 0.3) is 0 Å². The molecular formula is C12H18N2OS. The molecule has 3 nitrogen and oxygen atoms in total. The first-order chi connectivity index (χ1) is 7.72. The van der Waals surface area contributed by atoms with E-state index in [-0.39, 0.29) is 5.91 Å². The maximum atomic E-state index is 12.2. The third-order valence-corrected chi connectivity index (χ3v) is 4.01. The van der Waals surface area contributed by atoms with Gasteiger partial charge in [-0.05, 0) is 43.8 Å². The summed E-state index contributed by atoms with van der Waals surface area (Å²) in [5.74, 6) is 0.824. The van der Waals surface area contributed by atoms with Crippen LogP contribution in [0.3, 0.4) is 0 Å². The summed E-state index contributed by atoms with van der Waals surface area (Å²) in [6.45, 7) is 4.81. The first-order valence-corrected chi connectivity index (χ1v) is 6.63. The van der Waals surface area contributed by atoms with Crippen molar-refractivity contribution in [3.05, 3.63) is 21.9 Å². The molecule has 4 heteroatoms. The predicted octanol–water partition coefficient (Wildman–Crippen LogP) is 1.74. The Balaban J connectivity index is 2.00. The highest BCUT2D eigenvalue weighted by Gasteiger charge is 2.27. The summed E-state index contributed by atoms with van der Waals surface area (Å²) in [6, 6.07) is 0. The number of thiophene rings is 1. The van der Waals surface area contributed by atoms with Crippen LogP contribution in [0, 0.1) is 12.8 Å². The van der Waals surface area contributed by atoms with Crippen LogP contribution < -0.4 is 5.32 Å². The number of hydrogen-bond acceptors (Lipinski definition) is 3. The van der Waals surface area contributed by atoms with E-state index in [9.17, 15) is 4.79 Å². The van der Waals surface area contributed by atoms with Crippen LogP contribution >= 0.6 is 11.3 Å². The number of nitrogens with zero attached hydrogens (tertiary/aromatic N) is 1. The highest BCUT2D eigenvalue weighted by atomic mass is 32.1. The second-order valence-electron chi connectivity index (χ2n) is 4.43. The molecule has 0 aromatic carbocycles. The molecule has 1 fully saturated rings. The lowest BCUT2D eigenvalue weighted by Crippen LogP contribution is -2.30. The molecule has 0 bridgehead atoms. The lowest BCUT2D eigenvalue weighted by Gasteiger charge is -2.16. The molecular weight excluding hydrogens is 220 g/mol. The minimum absolute atomic E-state index is 0.206. The van der Waals surface area contributed by atoms with Crippen LogP contribution in [0.5, 0.6) is 0 Å². The van der Waals surface area contributed by atoms with E-state index in [1.807, 2.05) is 29.6 Å². The molecule has 1 unspecified atom stereocenters. The summed E-state index contributed by atoms with van der Waals surface area (Å²) in [5, 5.41) is 7.18. The van der Waals surface area contributed by atoms with Gasteiger partial charge in [0.15, 0.2) is 0 Å². The lowest BCUT2D eigenvalue weighted by molar-refractivity contribution is 0.0787. The van der Waals surface area contributed by atoms with E-state index in [0.29, 0.717) is 5.92 Å². The Labute approximate surface area is 100 Å². The molecule has 2 rings (SSSR count). The Morgan fingerprint density at radius 3 is 3.06 bits per heavy atom. The van der Waals surface area contributed by atoms with Crippen molar-refractivity contribution in [1.29, 1.82) is 0 Å². The summed E-state index contributed by atoms with van der Waals surface area (Å²) in [5.41, 5.74) is 1.99. The lowest BCUT2D eigenvalue weighted by atomic mass is 10.1. The minimum Gasteiger partial charge on any atom is -0.338 e. The monoisotopic (exact) mass is 238 g/mol. The standard InChI is InChI=1S/C12H18N2OS/c1-9-7-16-8-11(9)12(15)14-4-3-10(6-14)5-13-2/h7-8,10,13H,3-6H2,1-2H3. The number of hydrogen-bond donors (Lipinski definition) is 1. The molecule has 0 radical (unpaired) electrons. The van der Waals surface area contributed by atoms with Gasteiger partial charge in [0.1, 0.15) is 0 Å². The number of rotatable bonds is 3. The molecule has 0 saturated carbocycles. The van der Waals surface area contributed by atoms with Crippen molar-refractivity contribution in [3.63, 3.8) is 0 Å². The first kappa shape index (κ1) is 11.6. The zero-order valence-electron chi connectivity index (χ0n) is 9.82. The Bertz CT molecular complexity index is 375. The van der Waals surface area contributed by atoms with Crippen molar-refractivity contribution < 1.29 is 4.79 Å². The van der Waals surface area contributed by atoms with Gasteiger partial charge < -0.3 is 10.2 Å². The third-order valence-electron chi connectivity index (χ3n) is 3.15. The van der Waals surface area contributed by atoms with E-state index in [0.717, 1.165) is 37.2 Å². The average molecular weight is 238 g/mol. The van der Waals surface area contributed by atoms with Gasteiger partial charge in [0.25, 0.3) is 5.91 Å². The van der Waals surface area contributed by atoms with Gasteiger partial charge in [0.05, 0.1) is 5.56 Å². The van der Waals surface area contributed by atoms with Gasteiger partial charge in [0.2, 0.25) is 0 Å². The smallest absolute Gasteiger partial charge is 0.254 e. The van der Waals surface area contributed by atoms with Crippen molar-refractivity contribution in [3.8, 4) is 0 Å². The van der Waals surface area contributed by atoms with Crippen LogP contribution in [-0.2, 0) is 0 Å². The molecule has 2 heterocycles. The Morgan fingerprint density at radius 2 is 2.44 bits per heavy atom. The minimum atomic E-state index is 0.206.